The van der Waals surface area contributed by atoms with Crippen LogP contribution in [0.2, 0.25) is 0 Å². The van der Waals surface area contributed by atoms with Gasteiger partial charge in [0.05, 0.1) is 5.69 Å². The summed E-state index contributed by atoms with van der Waals surface area (Å²) in [7, 11) is 0. The van der Waals surface area contributed by atoms with Gasteiger partial charge < -0.3 is 0 Å². The predicted molar refractivity (Wildman–Crippen MR) is 80.2 cm³/mol. The normalized spacial score (nSPS) is 10.6. The molecule has 2 heterocycles. The molecule has 0 unspecified atom stereocenters. The van der Waals surface area contributed by atoms with Crippen LogP contribution in [0.4, 0.5) is 0 Å². The molecule has 19 heavy (non-hydrogen) atoms. The second kappa shape index (κ2) is 5.33. The first-order valence-corrected chi connectivity index (χ1v) is 7.20. The van der Waals surface area contributed by atoms with Gasteiger partial charge in [-0.15, -0.1) is 11.3 Å². The minimum atomic E-state index is 1.02. The van der Waals surface area contributed by atoms with E-state index in [2.05, 4.69) is 46.5 Å². The average molecular weight is 266 g/mol. The number of hydrogen-bond acceptors (Lipinski definition) is 3. The Labute approximate surface area is 116 Å². The molecule has 94 valence electrons. The van der Waals surface area contributed by atoms with Crippen LogP contribution in [0.25, 0.3) is 21.8 Å². The zero-order valence-electron chi connectivity index (χ0n) is 10.7. The van der Waals surface area contributed by atoms with Gasteiger partial charge in [0.1, 0.15) is 5.01 Å². The second-order valence-corrected chi connectivity index (χ2v) is 5.19. The summed E-state index contributed by atoms with van der Waals surface area (Å²) >= 11 is 1.66. The Hall–Kier alpha value is -2.00. The summed E-state index contributed by atoms with van der Waals surface area (Å²) in [5, 5.41) is 3.12. The van der Waals surface area contributed by atoms with Gasteiger partial charge >= 0.3 is 0 Å². The lowest BCUT2D eigenvalue weighted by atomic mass is 10.1. The molecule has 3 heteroatoms. The molecule has 0 N–H and O–H groups in total. The van der Waals surface area contributed by atoms with E-state index in [1.54, 1.807) is 17.5 Å². The van der Waals surface area contributed by atoms with E-state index in [-0.39, 0.29) is 0 Å². The Morgan fingerprint density at radius 1 is 1.05 bits per heavy atom. The predicted octanol–water partition coefficient (Wildman–Crippen LogP) is 4.43. The fraction of sp³-hybridized carbons (Fsp3) is 0.125. The van der Waals surface area contributed by atoms with Gasteiger partial charge in [0, 0.05) is 28.9 Å². The van der Waals surface area contributed by atoms with Crippen molar-refractivity contribution in [2.24, 2.45) is 0 Å². The first-order chi connectivity index (χ1) is 9.36. The van der Waals surface area contributed by atoms with E-state index in [0.29, 0.717) is 0 Å². The fourth-order valence-corrected chi connectivity index (χ4v) is 2.76. The van der Waals surface area contributed by atoms with Gasteiger partial charge in [0.15, 0.2) is 0 Å². The van der Waals surface area contributed by atoms with Gasteiger partial charge in [-0.2, -0.15) is 0 Å². The van der Waals surface area contributed by atoms with E-state index in [4.69, 9.17) is 0 Å². The molecule has 0 radical (unpaired) electrons. The summed E-state index contributed by atoms with van der Waals surface area (Å²) in [6.45, 7) is 2.17. The molecular formula is C16H14N2S. The van der Waals surface area contributed by atoms with Crippen molar-refractivity contribution >= 4 is 11.3 Å². The van der Waals surface area contributed by atoms with Crippen LogP contribution in [0.1, 0.15) is 12.5 Å². The summed E-state index contributed by atoms with van der Waals surface area (Å²) in [5.74, 6) is 0. The number of aromatic nitrogens is 2. The van der Waals surface area contributed by atoms with Crippen LogP contribution >= 0.6 is 11.3 Å². The molecule has 0 fully saturated rings. The lowest BCUT2D eigenvalue weighted by Crippen LogP contribution is -1.82. The van der Waals surface area contributed by atoms with E-state index in [1.165, 1.54) is 11.1 Å². The number of benzene rings is 1. The van der Waals surface area contributed by atoms with Crippen molar-refractivity contribution in [3.63, 3.8) is 0 Å². The Kier molecular flexibility index (Phi) is 3.38. The molecule has 0 saturated heterocycles. The van der Waals surface area contributed by atoms with E-state index in [9.17, 15) is 0 Å². The molecule has 0 bridgehead atoms. The van der Waals surface area contributed by atoms with Crippen molar-refractivity contribution in [3.8, 4) is 21.8 Å². The summed E-state index contributed by atoms with van der Waals surface area (Å²) in [6, 6.07) is 12.6. The highest BCUT2D eigenvalue weighted by molar-refractivity contribution is 7.13. The lowest BCUT2D eigenvalue weighted by molar-refractivity contribution is 1.14. The molecule has 2 nitrogen and oxygen atoms in total. The molecule has 3 aromatic rings. The highest BCUT2D eigenvalue weighted by Crippen LogP contribution is 2.28. The largest absolute Gasteiger partial charge is 0.264 e. The van der Waals surface area contributed by atoms with Crippen LogP contribution in [0, 0.1) is 0 Å². The molecule has 0 aliphatic heterocycles. The van der Waals surface area contributed by atoms with Crippen LogP contribution in [0.3, 0.4) is 0 Å². The Morgan fingerprint density at radius 3 is 2.58 bits per heavy atom. The summed E-state index contributed by atoms with van der Waals surface area (Å²) in [6.07, 6.45) is 4.70. The molecule has 0 saturated carbocycles. The maximum atomic E-state index is 4.68. The standard InChI is InChI=1S/C16H14N2S/c1-2-12-5-7-13(8-6-12)15-11-19-16(18-15)14-4-3-9-17-10-14/h3-11H,2H2,1H3. The number of nitrogens with zero attached hydrogens (tertiary/aromatic N) is 2. The number of thiazole rings is 1. The van der Waals surface area contributed by atoms with Crippen LogP contribution in [0.5, 0.6) is 0 Å². The average Bonchev–Trinajstić information content (AvgIpc) is 2.98. The van der Waals surface area contributed by atoms with Crippen LogP contribution in [-0.4, -0.2) is 9.97 Å². The highest BCUT2D eigenvalue weighted by atomic mass is 32.1. The maximum Gasteiger partial charge on any atom is 0.125 e. The quantitative estimate of drug-likeness (QED) is 0.700. The van der Waals surface area contributed by atoms with Gasteiger partial charge in [0.2, 0.25) is 0 Å². The first-order valence-electron chi connectivity index (χ1n) is 6.32. The van der Waals surface area contributed by atoms with Gasteiger partial charge in [0.25, 0.3) is 0 Å². The Bertz CT molecular complexity index is 657. The van der Waals surface area contributed by atoms with Crippen molar-refractivity contribution in [3.05, 3.63) is 59.7 Å². The third-order valence-corrected chi connectivity index (χ3v) is 3.96. The van der Waals surface area contributed by atoms with Crippen molar-refractivity contribution < 1.29 is 0 Å². The monoisotopic (exact) mass is 266 g/mol. The zero-order chi connectivity index (χ0) is 13.1. The zero-order valence-corrected chi connectivity index (χ0v) is 11.5. The number of aryl methyl sites for hydroxylation is 1. The molecule has 0 atom stereocenters. The second-order valence-electron chi connectivity index (χ2n) is 4.33. The fourth-order valence-electron chi connectivity index (χ4n) is 1.94. The molecule has 2 aromatic heterocycles. The highest BCUT2D eigenvalue weighted by Gasteiger charge is 2.06. The summed E-state index contributed by atoms with van der Waals surface area (Å²) < 4.78 is 0. The SMILES string of the molecule is CCc1ccc(-c2csc(-c3cccnc3)n2)cc1. The third-order valence-electron chi connectivity index (χ3n) is 3.07. The van der Waals surface area contributed by atoms with E-state index in [1.807, 2.05) is 18.3 Å². The van der Waals surface area contributed by atoms with Crippen molar-refractivity contribution in [1.29, 1.82) is 0 Å². The maximum absolute atomic E-state index is 4.68. The smallest absolute Gasteiger partial charge is 0.125 e. The molecular weight excluding hydrogens is 252 g/mol. The van der Waals surface area contributed by atoms with Crippen LogP contribution < -0.4 is 0 Å². The number of hydrogen-bond donors (Lipinski definition) is 0. The van der Waals surface area contributed by atoms with E-state index in [0.717, 1.165) is 22.7 Å². The van der Waals surface area contributed by atoms with Gasteiger partial charge in [-0.25, -0.2) is 4.98 Å². The third kappa shape index (κ3) is 2.56. The topological polar surface area (TPSA) is 25.8 Å². The van der Waals surface area contributed by atoms with E-state index < -0.39 is 0 Å². The Balaban J connectivity index is 1.92. The van der Waals surface area contributed by atoms with Crippen LogP contribution in [0.15, 0.2) is 54.2 Å². The minimum Gasteiger partial charge on any atom is -0.264 e. The summed E-state index contributed by atoms with van der Waals surface area (Å²) in [4.78, 5) is 8.82. The van der Waals surface area contributed by atoms with Crippen molar-refractivity contribution in [2.75, 3.05) is 0 Å². The number of pyridine rings is 1. The molecule has 0 aliphatic rings. The molecule has 0 aliphatic carbocycles. The van der Waals surface area contributed by atoms with Crippen molar-refractivity contribution in [2.45, 2.75) is 13.3 Å². The van der Waals surface area contributed by atoms with Gasteiger partial charge in [-0.3, -0.25) is 4.98 Å². The molecule has 0 amide bonds. The van der Waals surface area contributed by atoms with Crippen molar-refractivity contribution in [1.82, 2.24) is 9.97 Å². The molecule has 0 spiro atoms. The van der Waals surface area contributed by atoms with Crippen LogP contribution in [-0.2, 0) is 6.42 Å². The molecule has 1 aromatic carbocycles. The van der Waals surface area contributed by atoms with Gasteiger partial charge in [-0.05, 0) is 24.1 Å². The molecule has 3 rings (SSSR count). The minimum absolute atomic E-state index is 1.02. The summed E-state index contributed by atoms with van der Waals surface area (Å²) in [5.41, 5.74) is 4.63. The Morgan fingerprint density at radius 2 is 1.89 bits per heavy atom. The van der Waals surface area contributed by atoms with Gasteiger partial charge in [-0.1, -0.05) is 31.2 Å². The first kappa shape index (κ1) is 12.1. The number of rotatable bonds is 3. The van der Waals surface area contributed by atoms with E-state index >= 15 is 0 Å². The lowest BCUT2D eigenvalue weighted by Gasteiger charge is -1.99.